The van der Waals surface area contributed by atoms with Crippen LogP contribution in [0, 0.1) is 23.0 Å². The van der Waals surface area contributed by atoms with E-state index in [9.17, 15) is 40.4 Å². The molecule has 0 saturated carbocycles. The van der Waals surface area contributed by atoms with Crippen molar-refractivity contribution in [2.75, 3.05) is 6.26 Å². The molecule has 0 aliphatic rings. The van der Waals surface area contributed by atoms with E-state index in [0.717, 1.165) is 34.3 Å². The summed E-state index contributed by atoms with van der Waals surface area (Å²) in [5.74, 6) is -2.10. The van der Waals surface area contributed by atoms with Crippen molar-refractivity contribution in [1.29, 1.82) is 5.26 Å². The van der Waals surface area contributed by atoms with Gasteiger partial charge in [0.1, 0.15) is 23.3 Å². The third kappa shape index (κ3) is 5.68. The lowest BCUT2D eigenvalue weighted by Gasteiger charge is -2.17. The van der Waals surface area contributed by atoms with Crippen molar-refractivity contribution < 1.29 is 30.4 Å². The number of halogens is 5. The number of hydrogen-bond donors (Lipinski definition) is 0. The van der Waals surface area contributed by atoms with E-state index in [1.54, 1.807) is 26.0 Å². The summed E-state index contributed by atoms with van der Waals surface area (Å²) < 4.78 is 94.6. The fourth-order valence-corrected chi connectivity index (χ4v) is 6.10. The third-order valence-electron chi connectivity index (χ3n) is 6.06. The van der Waals surface area contributed by atoms with E-state index >= 15 is 0 Å². The van der Waals surface area contributed by atoms with Crippen molar-refractivity contribution in [3.8, 4) is 27.1 Å². The number of aromatic nitrogens is 2. The van der Waals surface area contributed by atoms with Crippen LogP contribution in [0.4, 0.5) is 22.0 Å². The Morgan fingerprint density at radius 2 is 1.75 bits per heavy atom. The average molecular weight is 594 g/mol. The second kappa shape index (κ2) is 10.6. The molecule has 6 nitrogen and oxygen atoms in total. The number of alkyl halides is 3. The van der Waals surface area contributed by atoms with Crippen molar-refractivity contribution in [2.24, 2.45) is 0 Å². The van der Waals surface area contributed by atoms with Gasteiger partial charge >= 0.3 is 6.18 Å². The molecule has 3 aromatic heterocycles. The van der Waals surface area contributed by atoms with Crippen LogP contribution < -0.4 is 5.56 Å². The highest BCUT2D eigenvalue weighted by Crippen LogP contribution is 2.39. The van der Waals surface area contributed by atoms with Gasteiger partial charge in [0.05, 0.1) is 22.7 Å². The Morgan fingerprint density at radius 1 is 1.07 bits per heavy atom. The van der Waals surface area contributed by atoms with Crippen molar-refractivity contribution in [2.45, 2.75) is 37.5 Å². The number of thiophene rings is 1. The van der Waals surface area contributed by atoms with Crippen LogP contribution in [0.25, 0.3) is 21.0 Å². The molecule has 13 heteroatoms. The van der Waals surface area contributed by atoms with E-state index < -0.39 is 50.9 Å². The van der Waals surface area contributed by atoms with Crippen molar-refractivity contribution in [3.05, 3.63) is 92.9 Å². The van der Waals surface area contributed by atoms with Gasteiger partial charge in [-0.15, -0.1) is 11.3 Å². The molecule has 0 unspecified atom stereocenters. The topological polar surface area (TPSA) is 92.8 Å². The molecule has 0 spiro atoms. The standard InChI is InChI=1S/C27H20F5N3O3S2/c1-14(2)18-8-16(12-34-25(18)40(3,37)38)23-6-7-24(39-23)22-10-20(27(30,31)32)19(11-33)26(36)35(22)13-15-4-5-17(28)9-21(15)29/h4-10,12,14H,13H2,1-3H3. The normalized spacial score (nSPS) is 12.1. The van der Waals surface area contributed by atoms with E-state index in [1.807, 2.05) is 0 Å². The highest BCUT2D eigenvalue weighted by Gasteiger charge is 2.37. The number of rotatable bonds is 6. The third-order valence-corrected chi connectivity index (χ3v) is 8.26. The van der Waals surface area contributed by atoms with Gasteiger partial charge in [0.15, 0.2) is 14.9 Å². The molecule has 0 atom stereocenters. The molecule has 0 aliphatic carbocycles. The molecule has 3 heterocycles. The Bertz CT molecular complexity index is 1840. The zero-order chi connectivity index (χ0) is 29.6. The Morgan fingerprint density at radius 3 is 2.33 bits per heavy atom. The summed E-state index contributed by atoms with van der Waals surface area (Å²) in [5.41, 5.74) is -3.34. The van der Waals surface area contributed by atoms with Crippen LogP contribution in [0.1, 0.15) is 42.0 Å². The lowest BCUT2D eigenvalue weighted by molar-refractivity contribution is -0.137. The quantitative estimate of drug-likeness (QED) is 0.242. The molecule has 4 rings (SSSR count). The summed E-state index contributed by atoms with van der Waals surface area (Å²) in [6, 6.07) is 9.20. The second-order valence-electron chi connectivity index (χ2n) is 9.26. The number of benzene rings is 1. The highest BCUT2D eigenvalue weighted by atomic mass is 32.2. The van der Waals surface area contributed by atoms with Gasteiger partial charge in [-0.1, -0.05) is 19.9 Å². The number of nitriles is 1. The SMILES string of the molecule is CC(C)c1cc(-c2ccc(-c3cc(C(F)(F)F)c(C#N)c(=O)n3Cc3ccc(F)cc3F)s2)cnc1S(C)(=O)=O. The van der Waals surface area contributed by atoms with Gasteiger partial charge in [0, 0.05) is 34.5 Å². The first-order valence-corrected chi connectivity index (χ1v) is 14.3. The van der Waals surface area contributed by atoms with Gasteiger partial charge in [0.2, 0.25) is 0 Å². The van der Waals surface area contributed by atoms with Crippen molar-refractivity contribution in [3.63, 3.8) is 0 Å². The van der Waals surface area contributed by atoms with Crippen LogP contribution >= 0.6 is 11.3 Å². The highest BCUT2D eigenvalue weighted by molar-refractivity contribution is 7.90. The predicted molar refractivity (Wildman–Crippen MR) is 140 cm³/mol. The van der Waals surface area contributed by atoms with Crippen LogP contribution in [0.15, 0.2) is 58.5 Å². The van der Waals surface area contributed by atoms with E-state index in [2.05, 4.69) is 4.98 Å². The minimum Gasteiger partial charge on any atom is -0.302 e. The second-order valence-corrected chi connectivity index (χ2v) is 12.3. The number of nitrogens with zero attached hydrogens (tertiary/aromatic N) is 3. The number of hydrogen-bond acceptors (Lipinski definition) is 6. The van der Waals surface area contributed by atoms with Gasteiger partial charge in [-0.25, -0.2) is 22.2 Å². The molecule has 0 aliphatic heterocycles. The maximum Gasteiger partial charge on any atom is 0.417 e. The summed E-state index contributed by atoms with van der Waals surface area (Å²) in [6.07, 6.45) is -2.66. The predicted octanol–water partition coefficient (Wildman–Crippen LogP) is 6.38. The lowest BCUT2D eigenvalue weighted by atomic mass is 10.0. The summed E-state index contributed by atoms with van der Waals surface area (Å²) in [6.45, 7) is 3.01. The van der Waals surface area contributed by atoms with E-state index in [-0.39, 0.29) is 27.1 Å². The molecule has 4 aromatic rings. The molecular weight excluding hydrogens is 573 g/mol. The molecule has 208 valence electrons. The average Bonchev–Trinajstić information content (AvgIpc) is 3.35. The summed E-state index contributed by atoms with van der Waals surface area (Å²) in [7, 11) is -3.62. The minimum atomic E-state index is -5.03. The van der Waals surface area contributed by atoms with Gasteiger partial charge in [-0.05, 0) is 41.8 Å². The molecule has 0 fully saturated rings. The first kappa shape index (κ1) is 29.1. The van der Waals surface area contributed by atoms with Crippen molar-refractivity contribution in [1.82, 2.24) is 9.55 Å². The summed E-state index contributed by atoms with van der Waals surface area (Å²) >= 11 is 0.993. The Hall–Kier alpha value is -3.89. The molecule has 0 amide bonds. The maximum absolute atomic E-state index is 14.5. The van der Waals surface area contributed by atoms with Crippen LogP contribution in [0.2, 0.25) is 0 Å². The first-order chi connectivity index (χ1) is 18.6. The van der Waals surface area contributed by atoms with Crippen LogP contribution in [0.5, 0.6) is 0 Å². The van der Waals surface area contributed by atoms with Crippen LogP contribution in [-0.2, 0) is 22.6 Å². The summed E-state index contributed by atoms with van der Waals surface area (Å²) in [4.78, 5) is 18.0. The van der Waals surface area contributed by atoms with E-state index in [0.29, 0.717) is 28.1 Å². The van der Waals surface area contributed by atoms with Crippen LogP contribution in [0.3, 0.4) is 0 Å². The Balaban J connectivity index is 1.93. The molecule has 0 saturated heterocycles. The number of sulfone groups is 1. The van der Waals surface area contributed by atoms with Crippen LogP contribution in [-0.4, -0.2) is 24.2 Å². The number of pyridine rings is 2. The fourth-order valence-electron chi connectivity index (χ4n) is 4.12. The molecule has 40 heavy (non-hydrogen) atoms. The summed E-state index contributed by atoms with van der Waals surface area (Å²) in [5, 5.41) is 9.29. The molecule has 0 radical (unpaired) electrons. The van der Waals surface area contributed by atoms with E-state index in [1.165, 1.54) is 18.3 Å². The Labute approximate surface area is 229 Å². The zero-order valence-electron chi connectivity index (χ0n) is 21.2. The Kier molecular flexibility index (Phi) is 7.70. The lowest BCUT2D eigenvalue weighted by Crippen LogP contribution is -2.28. The van der Waals surface area contributed by atoms with Gasteiger partial charge in [0.25, 0.3) is 5.56 Å². The monoisotopic (exact) mass is 593 g/mol. The first-order valence-electron chi connectivity index (χ1n) is 11.6. The van der Waals surface area contributed by atoms with Gasteiger partial charge in [-0.2, -0.15) is 18.4 Å². The molecule has 0 N–H and O–H groups in total. The van der Waals surface area contributed by atoms with Crippen molar-refractivity contribution >= 4 is 21.2 Å². The fraction of sp³-hybridized carbons (Fsp3) is 0.222. The van der Waals surface area contributed by atoms with E-state index in [4.69, 9.17) is 0 Å². The molecule has 1 aromatic carbocycles. The molecule has 0 bridgehead atoms. The largest absolute Gasteiger partial charge is 0.417 e. The maximum atomic E-state index is 14.5. The van der Waals surface area contributed by atoms with Gasteiger partial charge < -0.3 is 4.57 Å². The molecular formula is C27H20F5N3O3S2. The smallest absolute Gasteiger partial charge is 0.302 e. The minimum absolute atomic E-state index is 0.0832. The van der Waals surface area contributed by atoms with Gasteiger partial charge in [-0.3, -0.25) is 4.79 Å². The zero-order valence-corrected chi connectivity index (χ0v) is 22.8.